The van der Waals surface area contributed by atoms with Crippen LogP contribution in [-0.2, 0) is 63.4 Å². The van der Waals surface area contributed by atoms with E-state index in [1.54, 1.807) is 0 Å². The van der Waals surface area contributed by atoms with Gasteiger partial charge in [-0.05, 0) is 197 Å². The zero-order valence-corrected chi connectivity index (χ0v) is 68.3. The summed E-state index contributed by atoms with van der Waals surface area (Å²) < 4.78 is 54.2. The molecule has 24 heteroatoms. The number of hydrogen-bond acceptors (Lipinski definition) is 14. The van der Waals surface area contributed by atoms with Crippen LogP contribution < -0.4 is 35.6 Å². The van der Waals surface area contributed by atoms with Crippen molar-refractivity contribution in [3.05, 3.63) is 364 Å². The maximum Gasteiger partial charge on any atom is 0.493 e. The number of benzene rings is 4. The Kier molecular flexibility index (Phi) is 21.1. The lowest BCUT2D eigenvalue weighted by Crippen LogP contribution is -2.41. The zero-order chi connectivity index (χ0) is 82.2. The van der Waals surface area contributed by atoms with Crippen LogP contribution >= 0.6 is 0 Å². The topological polar surface area (TPSA) is 199 Å². The Morgan fingerprint density at radius 2 is 0.766 bits per heavy atom. The Morgan fingerprint density at radius 3 is 1.30 bits per heavy atom. The van der Waals surface area contributed by atoms with Crippen molar-refractivity contribution in [3.63, 3.8) is 0 Å². The average molecular weight is 1630 g/mol. The number of aromatic amines is 3. The van der Waals surface area contributed by atoms with Gasteiger partial charge in [-0.3, -0.25) is 0 Å². The summed E-state index contributed by atoms with van der Waals surface area (Å²) in [7, 11) is -1.39. The summed E-state index contributed by atoms with van der Waals surface area (Å²) in [6.07, 6.45) is 48.4. The van der Waals surface area contributed by atoms with Crippen molar-refractivity contribution in [3.8, 4) is 22.3 Å². The number of allylic oxidation sites excluding steroid dienone is 12. The molecular formula is C100H85B4N12O8+3. The van der Waals surface area contributed by atoms with Crippen LogP contribution in [0.15, 0.2) is 312 Å². The summed E-state index contributed by atoms with van der Waals surface area (Å²) in [5.74, 6) is 0. The number of rotatable bonds is 16. The standard InChI is InChI=1S/C100H84B4N12O8/c1-53-117-101(118-54-1)75-13-5-67(6-14-75)63-113-45-37-71(38-46-113)95-83-25-21-79(105-83)61-80-22-26-84(106-80)96(72-39-47-114(48-40-72)64-68-7-15-76(16-8-68)102-119-55-2-56-120-102)88-30-34-92(110-88)99(91-33-29-87(95)109-91)100-93-35-31-89(111-93)97(73-41-49-115(50-42-73)65-69-9-17-77(18-10-69)103-121-57-3-58-122-103)85-27-23-81(107-85)62-82-24-28-86(108-82)98(90-32-36-94(100)112-90)74-43-51-116(52-44-74)66-70-11-19-78(20-12-70)104-123-59-4-60-124-104/h5-52,61-62H,1-4,53-60,63-66H2,(H2,105,106,107,108,109,110,111,112)/q+2/p+1. The molecular weight excluding hydrogens is 1540 g/mol. The largest absolute Gasteiger partial charge is 0.493 e. The number of H-pyrrole nitrogens is 3. The number of pyridine rings is 3. The molecule has 0 amide bonds. The number of aliphatic imine (C=N–C) groups is 3. The molecule has 0 atom stereocenters. The number of nitrogens with zero attached hydrogens (tertiary/aromatic N) is 9. The van der Waals surface area contributed by atoms with E-state index in [9.17, 15) is 0 Å². The van der Waals surface area contributed by atoms with Gasteiger partial charge >= 0.3 is 28.5 Å². The Morgan fingerprint density at radius 1 is 0.339 bits per heavy atom. The molecule has 4 saturated heterocycles. The van der Waals surface area contributed by atoms with E-state index in [2.05, 4.69) is 338 Å². The van der Waals surface area contributed by atoms with Gasteiger partial charge in [0, 0.05) is 192 Å². The van der Waals surface area contributed by atoms with Gasteiger partial charge in [0.1, 0.15) is 0 Å². The molecule has 3 N–H and O–H groups in total. The molecule has 0 unspecified atom stereocenters. The summed E-state index contributed by atoms with van der Waals surface area (Å²) >= 11 is 0. The van der Waals surface area contributed by atoms with E-state index in [4.69, 9.17) is 62.2 Å². The molecule has 16 bridgehead atoms. The van der Waals surface area contributed by atoms with Crippen LogP contribution in [0, 0.1) is 0 Å². The van der Waals surface area contributed by atoms with Crippen LogP contribution in [0.2, 0.25) is 0 Å². The molecule has 11 aliphatic rings. The van der Waals surface area contributed by atoms with Gasteiger partial charge in [-0.15, -0.1) is 0 Å². The number of fused-ring (bicyclic) bond motifs is 13. The van der Waals surface area contributed by atoms with E-state index in [0.29, 0.717) is 96.1 Å². The number of nitrogens with one attached hydrogen (secondary N) is 3. The third-order valence-corrected chi connectivity index (χ3v) is 23.8. The quantitative estimate of drug-likeness (QED) is 0.0614. The van der Waals surface area contributed by atoms with Gasteiger partial charge in [0.05, 0.1) is 57.0 Å². The van der Waals surface area contributed by atoms with E-state index in [1.807, 2.05) is 0 Å². The minimum Gasteiger partial charge on any atom is -0.407 e. The molecule has 7 aromatic heterocycles. The first-order valence-electron chi connectivity index (χ1n) is 42.8. The lowest BCUT2D eigenvalue weighted by molar-refractivity contribution is -0.688. The fraction of sp³-hybridized carbons (Fsp3) is 0.160. The molecule has 124 heavy (non-hydrogen) atoms. The molecule has 18 heterocycles. The second-order valence-corrected chi connectivity index (χ2v) is 32.3. The van der Waals surface area contributed by atoms with Crippen molar-refractivity contribution in [2.24, 2.45) is 15.0 Å². The summed E-state index contributed by atoms with van der Waals surface area (Å²) in [6.45, 7) is 8.13. The van der Waals surface area contributed by atoms with Gasteiger partial charge in [-0.2, -0.15) is 0 Å². The van der Waals surface area contributed by atoms with E-state index >= 15 is 0 Å². The third kappa shape index (κ3) is 16.2. The molecule has 0 saturated carbocycles. The van der Waals surface area contributed by atoms with Crippen LogP contribution in [0.4, 0.5) is 0 Å². The molecule has 0 spiro atoms. The third-order valence-electron chi connectivity index (χ3n) is 23.8. The maximum atomic E-state index is 5.95. The first-order valence-corrected chi connectivity index (χ1v) is 42.8. The van der Waals surface area contributed by atoms with Crippen molar-refractivity contribution >= 4 is 137 Å². The Balaban J connectivity index is 0.716. The normalized spacial score (nSPS) is 17.4. The van der Waals surface area contributed by atoms with E-state index < -0.39 is 0 Å². The Labute approximate surface area is 719 Å². The smallest absolute Gasteiger partial charge is 0.407 e. The average Bonchev–Trinajstić information content (AvgIpc) is 1.60. The van der Waals surface area contributed by atoms with E-state index in [1.165, 1.54) is 0 Å². The second-order valence-electron chi connectivity index (χ2n) is 32.3. The molecule has 4 fully saturated rings. The predicted octanol–water partition coefficient (Wildman–Crippen LogP) is 13.4. The van der Waals surface area contributed by atoms with E-state index in [-0.39, 0.29) is 28.5 Å². The van der Waals surface area contributed by atoms with Crippen LogP contribution in [0.5, 0.6) is 0 Å². The zero-order valence-electron chi connectivity index (χ0n) is 68.3. The van der Waals surface area contributed by atoms with Gasteiger partial charge in [0.15, 0.2) is 56.8 Å². The Bertz CT molecular complexity index is 6650. The van der Waals surface area contributed by atoms with Crippen molar-refractivity contribution < 1.29 is 50.9 Å². The van der Waals surface area contributed by atoms with Gasteiger partial charge in [0.25, 0.3) is 0 Å². The van der Waals surface area contributed by atoms with Crippen LogP contribution in [0.3, 0.4) is 0 Å². The highest BCUT2D eigenvalue weighted by molar-refractivity contribution is 6.62. The lowest BCUT2D eigenvalue weighted by atomic mass is 9.78. The highest BCUT2D eigenvalue weighted by Gasteiger charge is 2.33. The van der Waals surface area contributed by atoms with Crippen molar-refractivity contribution in [2.45, 2.75) is 51.9 Å². The summed E-state index contributed by atoms with van der Waals surface area (Å²) in [5.41, 5.74) is 30.3. The van der Waals surface area contributed by atoms with Crippen molar-refractivity contribution in [1.82, 2.24) is 29.8 Å². The minimum absolute atomic E-state index is 0.346. The lowest BCUT2D eigenvalue weighted by Gasteiger charge is -2.22. The number of aromatic nitrogens is 8. The van der Waals surface area contributed by atoms with Crippen molar-refractivity contribution in [1.29, 1.82) is 0 Å². The molecule has 0 radical (unpaired) electrons. The Hall–Kier alpha value is -13.4. The molecule has 0 aliphatic carbocycles. The molecule has 11 aliphatic heterocycles. The summed E-state index contributed by atoms with van der Waals surface area (Å²) in [5, 5.41) is 0. The van der Waals surface area contributed by atoms with E-state index in [0.717, 1.165) is 199 Å². The highest BCUT2D eigenvalue weighted by atomic mass is 16.6. The first-order chi connectivity index (χ1) is 61.3. The fourth-order valence-corrected chi connectivity index (χ4v) is 17.5. The van der Waals surface area contributed by atoms with Gasteiger partial charge in [-0.1, -0.05) is 97.1 Å². The molecule has 22 rings (SSSR count). The monoisotopic (exact) mass is 1630 g/mol. The van der Waals surface area contributed by atoms with Gasteiger partial charge < -0.3 is 57.1 Å². The van der Waals surface area contributed by atoms with Crippen LogP contribution in [0.25, 0.3) is 91.4 Å². The minimum atomic E-state index is -0.349. The fourth-order valence-electron chi connectivity index (χ4n) is 17.5. The molecule has 20 nitrogen and oxygen atoms in total. The second kappa shape index (κ2) is 34.1. The van der Waals surface area contributed by atoms with Crippen LogP contribution in [-0.4, -0.2) is 128 Å². The predicted molar refractivity (Wildman–Crippen MR) is 491 cm³/mol. The SMILES string of the molecule is C1=CC2=NC1=Cc1ccc([nH]1)C(=C1C=CN(Cc3ccc(B4OCCCO4)cc3)C=C1)C1=NC(=C(c3c4nc(c(-c5cc[n+](Cc6ccc(B7OCCCO7)cc6)cc5)c5nc(cc6ccc([nH]6)c(-c6cc[n+](Cc7ccc(B8OCCCO8)cc7)cc6)c6ccc3[nH]6)C=C5)C=C4)C3=NC(=C2c2cc[n+](Cc4ccc(B5OCCCO5)cc4)cc2)C=C3)C=C1. The molecule has 4 aromatic carbocycles. The first kappa shape index (κ1) is 76.7. The maximum absolute atomic E-state index is 5.95. The number of hydrogen-bond donors (Lipinski definition) is 3. The molecule has 602 valence electrons. The summed E-state index contributed by atoms with van der Waals surface area (Å²) in [4.78, 5) is 42.6. The van der Waals surface area contributed by atoms with Gasteiger partial charge in [0.2, 0.25) is 0 Å². The molecule has 11 aromatic rings. The summed E-state index contributed by atoms with van der Waals surface area (Å²) in [6, 6.07) is 62.2. The highest BCUT2D eigenvalue weighted by Crippen LogP contribution is 2.42. The van der Waals surface area contributed by atoms with Crippen molar-refractivity contribution in [2.75, 3.05) is 52.9 Å². The van der Waals surface area contributed by atoms with Gasteiger partial charge in [-0.25, -0.2) is 38.6 Å². The van der Waals surface area contributed by atoms with Crippen LogP contribution in [0.1, 0.15) is 93.2 Å².